The van der Waals surface area contributed by atoms with Gasteiger partial charge in [0, 0.05) is 16.5 Å². The van der Waals surface area contributed by atoms with Crippen LogP contribution in [0.5, 0.6) is 17.2 Å². The van der Waals surface area contributed by atoms with E-state index in [9.17, 15) is 9.59 Å². The van der Waals surface area contributed by atoms with Crippen molar-refractivity contribution in [1.29, 1.82) is 0 Å². The number of fused-ring (bicyclic) bond motifs is 1. The van der Waals surface area contributed by atoms with E-state index in [1.165, 1.54) is 6.21 Å². The van der Waals surface area contributed by atoms with Crippen molar-refractivity contribution in [1.82, 2.24) is 10.4 Å². The van der Waals surface area contributed by atoms with Gasteiger partial charge in [-0.2, -0.15) is 5.10 Å². The molecule has 1 heterocycles. The molecule has 1 aromatic heterocycles. The lowest BCUT2D eigenvalue weighted by atomic mass is 10.0. The van der Waals surface area contributed by atoms with Crippen LogP contribution >= 0.6 is 0 Å². The average Bonchev–Trinajstić information content (AvgIpc) is 3.38. The molecule has 0 saturated carbocycles. The van der Waals surface area contributed by atoms with Crippen LogP contribution in [0.15, 0.2) is 102 Å². The number of hydrogen-bond acceptors (Lipinski definition) is 6. The summed E-state index contributed by atoms with van der Waals surface area (Å²) in [6.45, 7) is 4.69. The Kier molecular flexibility index (Phi) is 8.40. The van der Waals surface area contributed by atoms with Crippen LogP contribution in [-0.2, 0) is 0 Å². The topological polar surface area (TPSA) is 102 Å². The molecule has 8 nitrogen and oxygen atoms in total. The van der Waals surface area contributed by atoms with Crippen molar-refractivity contribution in [3.8, 4) is 28.4 Å². The Morgan fingerprint density at radius 2 is 1.56 bits per heavy atom. The molecular formula is C33H29N3O5. The lowest BCUT2D eigenvalue weighted by molar-refractivity contribution is 0.0728. The van der Waals surface area contributed by atoms with Crippen molar-refractivity contribution in [2.24, 2.45) is 5.10 Å². The van der Waals surface area contributed by atoms with Gasteiger partial charge in [0.2, 0.25) is 0 Å². The van der Waals surface area contributed by atoms with Crippen LogP contribution in [0.25, 0.3) is 22.0 Å². The molecule has 0 unspecified atom stereocenters. The maximum absolute atomic E-state index is 13.3. The van der Waals surface area contributed by atoms with Gasteiger partial charge in [-0.1, -0.05) is 48.5 Å². The number of rotatable bonds is 10. The summed E-state index contributed by atoms with van der Waals surface area (Å²) in [7, 11) is 0. The third-order valence-electron chi connectivity index (χ3n) is 6.23. The fraction of sp³-hybridized carbons (Fsp3) is 0.121. The van der Waals surface area contributed by atoms with Gasteiger partial charge in [0.1, 0.15) is 11.4 Å². The highest BCUT2D eigenvalue weighted by molar-refractivity contribution is 6.10. The number of nitrogens with zero attached hydrogens (tertiary/aromatic N) is 1. The summed E-state index contributed by atoms with van der Waals surface area (Å²) in [5, 5.41) is 5.05. The van der Waals surface area contributed by atoms with Gasteiger partial charge in [0.25, 0.3) is 5.91 Å². The van der Waals surface area contributed by atoms with Gasteiger partial charge in [-0.25, -0.2) is 10.2 Å². The van der Waals surface area contributed by atoms with E-state index >= 15 is 0 Å². The van der Waals surface area contributed by atoms with Crippen LogP contribution in [0.1, 0.15) is 40.3 Å². The molecule has 0 fully saturated rings. The highest BCUT2D eigenvalue weighted by atomic mass is 16.6. The molecule has 2 N–H and O–H groups in total. The summed E-state index contributed by atoms with van der Waals surface area (Å²) in [5.41, 5.74) is 6.55. The molecule has 5 aromatic rings. The first kappa shape index (κ1) is 27.2. The van der Waals surface area contributed by atoms with Crippen molar-refractivity contribution in [3.05, 3.63) is 114 Å². The molecule has 0 saturated heterocycles. The van der Waals surface area contributed by atoms with Gasteiger partial charge in [-0.3, -0.25) is 4.79 Å². The van der Waals surface area contributed by atoms with Crippen molar-refractivity contribution in [2.75, 3.05) is 13.2 Å². The second-order valence-corrected chi connectivity index (χ2v) is 8.98. The first-order chi connectivity index (χ1) is 20.1. The largest absolute Gasteiger partial charge is 0.494 e. The molecule has 0 aliphatic carbocycles. The van der Waals surface area contributed by atoms with Gasteiger partial charge < -0.3 is 19.2 Å². The number of aromatic amines is 1. The van der Waals surface area contributed by atoms with Crippen LogP contribution in [0.4, 0.5) is 0 Å². The Morgan fingerprint density at radius 3 is 2.29 bits per heavy atom. The molecule has 8 heteroatoms. The first-order valence-corrected chi connectivity index (χ1v) is 13.3. The van der Waals surface area contributed by atoms with Crippen LogP contribution in [-0.4, -0.2) is 36.3 Å². The fourth-order valence-corrected chi connectivity index (χ4v) is 4.41. The quantitative estimate of drug-likeness (QED) is 0.0886. The first-order valence-electron chi connectivity index (χ1n) is 13.3. The zero-order valence-electron chi connectivity index (χ0n) is 22.7. The van der Waals surface area contributed by atoms with Crippen molar-refractivity contribution >= 4 is 29.0 Å². The Hall–Kier alpha value is -5.37. The maximum atomic E-state index is 13.3. The Bertz CT molecular complexity index is 1690. The standard InChI is InChI=1S/C33H29N3O5/c1-3-39-25-16-17-27-26(20-25)30(23-11-7-5-8-12-23)31(35-27)32(37)36-34-21-22-15-18-28(29(19-22)40-4-2)41-33(38)24-13-9-6-10-14-24/h5-21,35H,3-4H2,1-2H3,(H,36,37). The number of hydrazone groups is 1. The van der Waals surface area contributed by atoms with Gasteiger partial charge in [0.05, 0.1) is 25.0 Å². The number of carbonyl (C=O) groups excluding carboxylic acids is 2. The zero-order valence-corrected chi connectivity index (χ0v) is 22.7. The number of amides is 1. The molecule has 206 valence electrons. The molecule has 0 radical (unpaired) electrons. The van der Waals surface area contributed by atoms with Crippen molar-refractivity contribution < 1.29 is 23.8 Å². The number of benzene rings is 4. The van der Waals surface area contributed by atoms with Gasteiger partial charge >= 0.3 is 5.97 Å². The normalized spacial score (nSPS) is 11.0. The van der Waals surface area contributed by atoms with E-state index in [1.807, 2.05) is 68.4 Å². The van der Waals surface area contributed by atoms with E-state index in [4.69, 9.17) is 14.2 Å². The number of ether oxygens (including phenoxy) is 3. The van der Waals surface area contributed by atoms with E-state index in [0.29, 0.717) is 41.5 Å². The molecule has 5 rings (SSSR count). The molecule has 0 spiro atoms. The maximum Gasteiger partial charge on any atom is 0.343 e. The van der Waals surface area contributed by atoms with Gasteiger partial charge in [-0.15, -0.1) is 0 Å². The van der Waals surface area contributed by atoms with Crippen LogP contribution in [0.3, 0.4) is 0 Å². The molecular weight excluding hydrogens is 518 g/mol. The Morgan fingerprint density at radius 1 is 0.829 bits per heavy atom. The molecule has 0 bridgehead atoms. The summed E-state index contributed by atoms with van der Waals surface area (Å²) in [5.74, 6) is 0.524. The predicted molar refractivity (Wildman–Crippen MR) is 159 cm³/mol. The number of nitrogens with one attached hydrogen (secondary N) is 2. The predicted octanol–water partition coefficient (Wildman–Crippen LogP) is 6.62. The van der Waals surface area contributed by atoms with Crippen LogP contribution < -0.4 is 19.6 Å². The van der Waals surface area contributed by atoms with Crippen LogP contribution in [0, 0.1) is 0 Å². The summed E-state index contributed by atoms with van der Waals surface area (Å²) >= 11 is 0. The van der Waals surface area contributed by atoms with E-state index < -0.39 is 11.9 Å². The minimum Gasteiger partial charge on any atom is -0.494 e. The van der Waals surface area contributed by atoms with Gasteiger partial charge in [0.15, 0.2) is 11.5 Å². The number of aromatic nitrogens is 1. The molecule has 4 aromatic carbocycles. The fourth-order valence-electron chi connectivity index (χ4n) is 4.41. The molecule has 41 heavy (non-hydrogen) atoms. The molecule has 0 atom stereocenters. The zero-order chi connectivity index (χ0) is 28.6. The van der Waals surface area contributed by atoms with Gasteiger partial charge in [-0.05, 0) is 73.5 Å². The minimum absolute atomic E-state index is 0.291. The second kappa shape index (κ2) is 12.7. The van der Waals surface area contributed by atoms with Crippen molar-refractivity contribution in [3.63, 3.8) is 0 Å². The Labute approximate surface area is 237 Å². The average molecular weight is 548 g/mol. The number of carbonyl (C=O) groups is 2. The Balaban J connectivity index is 1.37. The number of hydrogen-bond donors (Lipinski definition) is 2. The third kappa shape index (κ3) is 6.28. The lowest BCUT2D eigenvalue weighted by Crippen LogP contribution is -2.18. The smallest absolute Gasteiger partial charge is 0.343 e. The highest BCUT2D eigenvalue weighted by Gasteiger charge is 2.20. The van der Waals surface area contributed by atoms with Crippen molar-refractivity contribution in [2.45, 2.75) is 13.8 Å². The molecule has 0 aliphatic rings. The van der Waals surface area contributed by atoms with E-state index in [-0.39, 0.29) is 0 Å². The summed E-state index contributed by atoms with van der Waals surface area (Å²) in [6, 6.07) is 29.2. The van der Waals surface area contributed by atoms with E-state index in [0.717, 1.165) is 27.8 Å². The number of H-pyrrole nitrogens is 1. The third-order valence-corrected chi connectivity index (χ3v) is 6.23. The molecule has 0 aliphatic heterocycles. The monoisotopic (exact) mass is 547 g/mol. The SMILES string of the molecule is CCOc1ccc2[nH]c(C(=O)NN=Cc3ccc(OC(=O)c4ccccc4)c(OCC)c3)c(-c3ccccc3)c2c1. The second-order valence-electron chi connectivity index (χ2n) is 8.98. The highest BCUT2D eigenvalue weighted by Crippen LogP contribution is 2.35. The van der Waals surface area contributed by atoms with Crippen LogP contribution in [0.2, 0.25) is 0 Å². The lowest BCUT2D eigenvalue weighted by Gasteiger charge is -2.11. The molecule has 1 amide bonds. The minimum atomic E-state index is -0.485. The van der Waals surface area contributed by atoms with E-state index in [1.54, 1.807) is 42.5 Å². The summed E-state index contributed by atoms with van der Waals surface area (Å²) in [4.78, 5) is 29.1. The summed E-state index contributed by atoms with van der Waals surface area (Å²) in [6.07, 6.45) is 1.50. The van der Waals surface area contributed by atoms with E-state index in [2.05, 4.69) is 15.5 Å². The summed E-state index contributed by atoms with van der Waals surface area (Å²) < 4.78 is 16.9. The number of esters is 1.